The molecule has 4 nitrogen and oxygen atoms in total. The monoisotopic (exact) mass is 269 g/mol. The fourth-order valence-corrected chi connectivity index (χ4v) is 1.75. The molecule has 0 atom stereocenters. The third-order valence-electron chi connectivity index (χ3n) is 2.25. The first kappa shape index (κ1) is 13.0. The van der Waals surface area contributed by atoms with Crippen LogP contribution in [0, 0.1) is 5.82 Å². The van der Waals surface area contributed by atoms with Gasteiger partial charge in [-0.05, 0) is 32.0 Å². The van der Waals surface area contributed by atoms with E-state index in [1.54, 1.807) is 0 Å². The van der Waals surface area contributed by atoms with Gasteiger partial charge in [0.05, 0.1) is 5.02 Å². The molecule has 96 valence electrons. The van der Waals surface area contributed by atoms with E-state index in [0.717, 1.165) is 0 Å². The van der Waals surface area contributed by atoms with E-state index >= 15 is 0 Å². The topological polar surface area (TPSA) is 64.9 Å². The van der Waals surface area contributed by atoms with Gasteiger partial charge in [-0.3, -0.25) is 0 Å². The number of rotatable bonds is 3. The highest BCUT2D eigenvalue weighted by molar-refractivity contribution is 6.33. The molecule has 2 aromatic rings. The minimum atomic E-state index is -0.434. The Balaban J connectivity index is 2.29. The predicted octanol–water partition coefficient (Wildman–Crippen LogP) is 2.81. The Bertz CT molecular complexity index is 563. The first-order valence-electron chi connectivity index (χ1n) is 5.42. The minimum Gasteiger partial charge on any atom is -0.339 e. The standard InChI is InChI=1S/C12H13ClFN3O/c1-12(2,15)6-10-16-11(17-18-10)8-4-3-7(14)5-9(8)13/h3-5H,6,15H2,1-2H3. The van der Waals surface area contributed by atoms with Crippen LogP contribution in [0.3, 0.4) is 0 Å². The van der Waals surface area contributed by atoms with Crippen molar-refractivity contribution in [2.75, 3.05) is 0 Å². The van der Waals surface area contributed by atoms with Crippen molar-refractivity contribution in [1.82, 2.24) is 10.1 Å². The van der Waals surface area contributed by atoms with Crippen molar-refractivity contribution in [2.45, 2.75) is 25.8 Å². The molecule has 0 aliphatic carbocycles. The van der Waals surface area contributed by atoms with E-state index in [-0.39, 0.29) is 5.02 Å². The van der Waals surface area contributed by atoms with Gasteiger partial charge in [0, 0.05) is 17.5 Å². The summed E-state index contributed by atoms with van der Waals surface area (Å²) in [6, 6.07) is 4.02. The Labute approximate surface area is 109 Å². The average molecular weight is 270 g/mol. The molecule has 0 fully saturated rings. The summed E-state index contributed by atoms with van der Waals surface area (Å²) in [5.41, 5.74) is 5.96. The summed E-state index contributed by atoms with van der Waals surface area (Å²) in [5.74, 6) is 0.354. The number of halogens is 2. The summed E-state index contributed by atoms with van der Waals surface area (Å²) in [6.07, 6.45) is 0.457. The van der Waals surface area contributed by atoms with Crippen molar-refractivity contribution in [3.05, 3.63) is 34.9 Å². The van der Waals surface area contributed by atoms with E-state index < -0.39 is 11.4 Å². The largest absolute Gasteiger partial charge is 0.339 e. The summed E-state index contributed by atoms with van der Waals surface area (Å²) in [5, 5.41) is 4.06. The molecule has 0 aliphatic rings. The second-order valence-corrected chi connectivity index (χ2v) is 5.21. The molecule has 2 rings (SSSR count). The summed E-state index contributed by atoms with van der Waals surface area (Å²) in [6.45, 7) is 3.73. The molecule has 1 aromatic heterocycles. The Morgan fingerprint density at radius 1 is 1.44 bits per heavy atom. The first-order valence-corrected chi connectivity index (χ1v) is 5.80. The van der Waals surface area contributed by atoms with Crippen LogP contribution in [-0.2, 0) is 6.42 Å². The molecule has 0 bridgehead atoms. The molecule has 0 amide bonds. The van der Waals surface area contributed by atoms with Crippen LogP contribution in [0.15, 0.2) is 22.7 Å². The third kappa shape index (κ3) is 3.05. The Morgan fingerprint density at radius 2 is 2.17 bits per heavy atom. The smallest absolute Gasteiger partial charge is 0.228 e. The van der Waals surface area contributed by atoms with Crippen LogP contribution in [0.4, 0.5) is 4.39 Å². The van der Waals surface area contributed by atoms with Crippen LogP contribution < -0.4 is 5.73 Å². The van der Waals surface area contributed by atoms with Gasteiger partial charge in [0.25, 0.3) is 0 Å². The van der Waals surface area contributed by atoms with Gasteiger partial charge in [-0.1, -0.05) is 16.8 Å². The van der Waals surface area contributed by atoms with Gasteiger partial charge < -0.3 is 10.3 Å². The Hall–Kier alpha value is -1.46. The average Bonchev–Trinajstić information content (AvgIpc) is 2.63. The van der Waals surface area contributed by atoms with Gasteiger partial charge in [0.1, 0.15) is 5.82 Å². The van der Waals surface area contributed by atoms with Crippen LogP contribution in [0.5, 0.6) is 0 Å². The number of aromatic nitrogens is 2. The van der Waals surface area contributed by atoms with Gasteiger partial charge in [-0.2, -0.15) is 4.98 Å². The second kappa shape index (κ2) is 4.66. The van der Waals surface area contributed by atoms with Crippen LogP contribution in [0.2, 0.25) is 5.02 Å². The predicted molar refractivity (Wildman–Crippen MR) is 66.7 cm³/mol. The zero-order valence-electron chi connectivity index (χ0n) is 10.1. The van der Waals surface area contributed by atoms with E-state index in [4.69, 9.17) is 21.9 Å². The summed E-state index contributed by atoms with van der Waals surface area (Å²) < 4.78 is 18.0. The van der Waals surface area contributed by atoms with E-state index in [9.17, 15) is 4.39 Å². The third-order valence-corrected chi connectivity index (χ3v) is 2.56. The molecule has 2 N–H and O–H groups in total. The maximum absolute atomic E-state index is 12.9. The highest BCUT2D eigenvalue weighted by Gasteiger charge is 2.18. The number of hydrogen-bond donors (Lipinski definition) is 1. The molecular formula is C12H13ClFN3O. The molecule has 0 saturated heterocycles. The van der Waals surface area contributed by atoms with Crippen molar-refractivity contribution >= 4 is 11.6 Å². The number of nitrogens with zero attached hydrogens (tertiary/aromatic N) is 2. The lowest BCUT2D eigenvalue weighted by Gasteiger charge is -2.14. The van der Waals surface area contributed by atoms with Gasteiger partial charge in [0.15, 0.2) is 0 Å². The quantitative estimate of drug-likeness (QED) is 0.930. The van der Waals surface area contributed by atoms with Gasteiger partial charge in [0.2, 0.25) is 11.7 Å². The number of benzene rings is 1. The van der Waals surface area contributed by atoms with Crippen molar-refractivity contribution in [3.63, 3.8) is 0 Å². The molecule has 6 heteroatoms. The Morgan fingerprint density at radius 3 is 2.78 bits per heavy atom. The highest BCUT2D eigenvalue weighted by atomic mass is 35.5. The maximum Gasteiger partial charge on any atom is 0.228 e. The lowest BCUT2D eigenvalue weighted by Crippen LogP contribution is -2.34. The van der Waals surface area contributed by atoms with Crippen LogP contribution in [0.1, 0.15) is 19.7 Å². The lowest BCUT2D eigenvalue weighted by atomic mass is 10.0. The lowest BCUT2D eigenvalue weighted by molar-refractivity contribution is 0.348. The van der Waals surface area contributed by atoms with Gasteiger partial charge in [-0.15, -0.1) is 0 Å². The molecule has 1 aromatic carbocycles. The fourth-order valence-electron chi connectivity index (χ4n) is 1.50. The molecule has 0 aliphatic heterocycles. The zero-order valence-corrected chi connectivity index (χ0v) is 10.8. The summed E-state index contributed by atoms with van der Waals surface area (Å²) in [7, 11) is 0. The van der Waals surface area contributed by atoms with Gasteiger partial charge >= 0.3 is 0 Å². The molecular weight excluding hydrogens is 257 g/mol. The van der Waals surface area contributed by atoms with Crippen molar-refractivity contribution < 1.29 is 8.91 Å². The van der Waals surface area contributed by atoms with Crippen LogP contribution in [0.25, 0.3) is 11.4 Å². The fraction of sp³-hybridized carbons (Fsp3) is 0.333. The van der Waals surface area contributed by atoms with Crippen LogP contribution in [-0.4, -0.2) is 15.7 Å². The zero-order chi connectivity index (χ0) is 13.3. The second-order valence-electron chi connectivity index (χ2n) is 4.80. The van der Waals surface area contributed by atoms with Crippen LogP contribution >= 0.6 is 11.6 Å². The molecule has 0 unspecified atom stereocenters. The molecule has 18 heavy (non-hydrogen) atoms. The summed E-state index contributed by atoms with van der Waals surface area (Å²) >= 11 is 5.92. The SMILES string of the molecule is CC(C)(N)Cc1nc(-c2ccc(F)cc2Cl)no1. The van der Waals surface area contributed by atoms with E-state index in [2.05, 4.69) is 10.1 Å². The molecule has 0 spiro atoms. The first-order chi connectivity index (χ1) is 8.35. The number of nitrogens with two attached hydrogens (primary N) is 1. The molecule has 0 radical (unpaired) electrons. The maximum atomic E-state index is 12.9. The van der Waals surface area contributed by atoms with Crippen molar-refractivity contribution in [3.8, 4) is 11.4 Å². The molecule has 1 heterocycles. The van der Waals surface area contributed by atoms with Crippen molar-refractivity contribution in [1.29, 1.82) is 0 Å². The van der Waals surface area contributed by atoms with Gasteiger partial charge in [-0.25, -0.2) is 4.39 Å². The van der Waals surface area contributed by atoms with E-state index in [0.29, 0.717) is 23.7 Å². The minimum absolute atomic E-state index is 0.245. The normalized spacial score (nSPS) is 11.8. The van der Waals surface area contributed by atoms with E-state index in [1.165, 1.54) is 18.2 Å². The molecule has 0 saturated carbocycles. The summed E-state index contributed by atoms with van der Waals surface area (Å²) in [4.78, 5) is 4.19. The van der Waals surface area contributed by atoms with E-state index in [1.807, 2.05) is 13.8 Å². The Kier molecular flexibility index (Phi) is 3.36. The van der Waals surface area contributed by atoms with Crippen molar-refractivity contribution in [2.24, 2.45) is 5.73 Å². The number of hydrogen-bond acceptors (Lipinski definition) is 4. The highest BCUT2D eigenvalue weighted by Crippen LogP contribution is 2.26.